The lowest BCUT2D eigenvalue weighted by Gasteiger charge is -2.24. The van der Waals surface area contributed by atoms with Crippen LogP contribution in [0.5, 0.6) is 0 Å². The highest BCUT2D eigenvalue weighted by molar-refractivity contribution is 7.22. The van der Waals surface area contributed by atoms with Gasteiger partial charge in [-0.1, -0.05) is 58.4 Å². The molecule has 0 unspecified atom stereocenters. The molecule has 5 aromatic rings. The zero-order chi connectivity index (χ0) is 22.7. The first-order valence-corrected chi connectivity index (χ1v) is 13.4. The Hall–Kier alpha value is -2.69. The summed E-state index contributed by atoms with van der Waals surface area (Å²) in [6.07, 6.45) is 2.30. The van der Waals surface area contributed by atoms with E-state index in [1.165, 1.54) is 64.6 Å². The molecule has 2 nitrogen and oxygen atoms in total. The molecule has 0 saturated carbocycles. The topological polar surface area (TPSA) is 24.4 Å². The van der Waals surface area contributed by atoms with Gasteiger partial charge in [0.25, 0.3) is 0 Å². The molecule has 2 aromatic heterocycles. The van der Waals surface area contributed by atoms with Crippen LogP contribution in [0.1, 0.15) is 55.7 Å². The average Bonchev–Trinajstić information content (AvgIpc) is 3.38. The Bertz CT molecular complexity index is 1560. The third-order valence-electron chi connectivity index (χ3n) is 6.64. The highest BCUT2D eigenvalue weighted by Gasteiger charge is 2.26. The summed E-state index contributed by atoms with van der Waals surface area (Å²) in [5, 5.41) is 11.5. The van der Waals surface area contributed by atoms with Gasteiger partial charge in [0.1, 0.15) is 6.67 Å². The van der Waals surface area contributed by atoms with E-state index in [0.717, 1.165) is 12.1 Å². The Labute approximate surface area is 203 Å². The van der Waals surface area contributed by atoms with Gasteiger partial charge < -0.3 is 5.32 Å². The van der Waals surface area contributed by atoms with E-state index in [9.17, 15) is 0 Å². The number of aryl methyl sites for hydroxylation is 1. The number of thiophene rings is 2. The molecule has 1 aliphatic rings. The van der Waals surface area contributed by atoms with Gasteiger partial charge in [-0.2, -0.15) is 0 Å². The maximum Gasteiger partial charge on any atom is 0.108 e. The highest BCUT2D eigenvalue weighted by atomic mass is 32.1. The second-order valence-electron chi connectivity index (χ2n) is 9.97. The number of hydrogen-bond donors (Lipinski definition) is 1. The van der Waals surface area contributed by atoms with Gasteiger partial charge in [0.05, 0.1) is 16.3 Å². The van der Waals surface area contributed by atoms with Crippen molar-refractivity contribution in [3.63, 3.8) is 0 Å². The molecule has 3 heterocycles. The van der Waals surface area contributed by atoms with Crippen molar-refractivity contribution in [1.29, 1.82) is 0 Å². The minimum absolute atomic E-state index is 0.0595. The summed E-state index contributed by atoms with van der Waals surface area (Å²) in [5.74, 6) is 0. The highest BCUT2D eigenvalue weighted by Crippen LogP contribution is 2.45. The summed E-state index contributed by atoms with van der Waals surface area (Å²) in [4.78, 5) is 6.28. The smallest absolute Gasteiger partial charge is 0.108 e. The monoisotopic (exact) mass is 468 g/mol. The molecule has 166 valence electrons. The fraction of sp³-hybridized carbons (Fsp3) is 0.276. The van der Waals surface area contributed by atoms with E-state index in [0.29, 0.717) is 6.67 Å². The van der Waals surface area contributed by atoms with Crippen molar-refractivity contribution in [2.24, 2.45) is 4.99 Å². The van der Waals surface area contributed by atoms with Crippen molar-refractivity contribution in [2.75, 3.05) is 12.0 Å². The first-order chi connectivity index (χ1) is 16.0. The van der Waals surface area contributed by atoms with Crippen molar-refractivity contribution in [1.82, 2.24) is 0 Å². The first-order valence-electron chi connectivity index (χ1n) is 11.7. The standard InChI is InChI=1S/C29H28N2S2/c1-5-8-18-15-32-22-11-12-23-25(24(18)22)27-28(33-23)26(30-16-31-27)19-13-17-9-6-7-10-20(17)21(14-19)29(2,3)4/h6-7,9-15,31H,5,8,16H2,1-4H3. The normalized spacial score (nSPS) is 14.0. The number of benzene rings is 3. The zero-order valence-corrected chi connectivity index (χ0v) is 21.2. The van der Waals surface area contributed by atoms with Gasteiger partial charge in [-0.3, -0.25) is 4.99 Å². The van der Waals surface area contributed by atoms with E-state index in [2.05, 4.69) is 86.9 Å². The Morgan fingerprint density at radius 2 is 1.82 bits per heavy atom. The lowest BCUT2D eigenvalue weighted by molar-refractivity contribution is 0.596. The molecule has 0 spiro atoms. The lowest BCUT2D eigenvalue weighted by Crippen LogP contribution is -2.17. The molecule has 0 atom stereocenters. The number of nitrogens with one attached hydrogen (secondary N) is 1. The minimum atomic E-state index is 0.0595. The number of anilines is 1. The molecular weight excluding hydrogens is 440 g/mol. The summed E-state index contributed by atoms with van der Waals surface area (Å²) >= 11 is 3.75. The molecule has 6 rings (SSSR count). The molecule has 0 bridgehead atoms. The Kier molecular flexibility index (Phi) is 4.86. The minimum Gasteiger partial charge on any atom is -0.364 e. The fourth-order valence-electron chi connectivity index (χ4n) is 5.13. The van der Waals surface area contributed by atoms with Gasteiger partial charge in [0.15, 0.2) is 0 Å². The summed E-state index contributed by atoms with van der Waals surface area (Å²) in [5.41, 5.74) is 6.54. The van der Waals surface area contributed by atoms with Crippen LogP contribution in [0.15, 0.2) is 58.9 Å². The van der Waals surface area contributed by atoms with Gasteiger partial charge in [0, 0.05) is 25.7 Å². The molecular formula is C29H28N2S2. The molecule has 0 radical (unpaired) electrons. The fourth-order valence-corrected chi connectivity index (χ4v) is 7.35. The molecule has 1 aliphatic heterocycles. The van der Waals surface area contributed by atoms with E-state index in [4.69, 9.17) is 4.99 Å². The summed E-state index contributed by atoms with van der Waals surface area (Å²) in [6, 6.07) is 18.1. The second kappa shape index (κ2) is 7.68. The number of nitrogens with zero attached hydrogens (tertiary/aromatic N) is 1. The van der Waals surface area contributed by atoms with Gasteiger partial charge in [-0.25, -0.2) is 0 Å². The van der Waals surface area contributed by atoms with Crippen molar-refractivity contribution >= 4 is 65.0 Å². The van der Waals surface area contributed by atoms with Crippen molar-refractivity contribution < 1.29 is 0 Å². The van der Waals surface area contributed by atoms with Gasteiger partial charge >= 0.3 is 0 Å². The van der Waals surface area contributed by atoms with Crippen molar-refractivity contribution in [2.45, 2.75) is 46.0 Å². The largest absolute Gasteiger partial charge is 0.364 e. The molecule has 0 saturated heterocycles. The molecule has 1 N–H and O–H groups in total. The number of hydrogen-bond acceptors (Lipinski definition) is 4. The first kappa shape index (κ1) is 20.9. The SMILES string of the molecule is CCCc1csc2ccc3sc4c(c3c12)NCN=C4c1cc(C(C)(C)C)c2ccccc2c1. The van der Waals surface area contributed by atoms with Crippen LogP contribution in [0, 0.1) is 0 Å². The van der Waals surface area contributed by atoms with Gasteiger partial charge in [0.2, 0.25) is 0 Å². The molecule has 0 fully saturated rings. The van der Waals surface area contributed by atoms with E-state index >= 15 is 0 Å². The lowest BCUT2D eigenvalue weighted by atomic mass is 9.82. The Morgan fingerprint density at radius 3 is 2.64 bits per heavy atom. The summed E-state index contributed by atoms with van der Waals surface area (Å²) in [7, 11) is 0. The van der Waals surface area contributed by atoms with Crippen LogP contribution in [0.4, 0.5) is 5.69 Å². The molecule has 33 heavy (non-hydrogen) atoms. The van der Waals surface area contributed by atoms with Crippen molar-refractivity contribution in [3.8, 4) is 0 Å². The van der Waals surface area contributed by atoms with Crippen LogP contribution in [0.25, 0.3) is 30.9 Å². The van der Waals surface area contributed by atoms with Crippen LogP contribution in [0.2, 0.25) is 0 Å². The predicted octanol–water partition coefficient (Wildman–Crippen LogP) is 8.74. The predicted molar refractivity (Wildman–Crippen MR) is 148 cm³/mol. The van der Waals surface area contributed by atoms with Crippen LogP contribution in [-0.2, 0) is 11.8 Å². The van der Waals surface area contributed by atoms with E-state index < -0.39 is 0 Å². The molecule has 0 aliphatic carbocycles. The van der Waals surface area contributed by atoms with E-state index in [1.807, 2.05) is 22.7 Å². The maximum atomic E-state index is 5.01. The Morgan fingerprint density at radius 1 is 1.00 bits per heavy atom. The second-order valence-corrected chi connectivity index (χ2v) is 11.9. The van der Waals surface area contributed by atoms with Crippen LogP contribution < -0.4 is 5.32 Å². The van der Waals surface area contributed by atoms with Crippen LogP contribution >= 0.6 is 22.7 Å². The molecule has 0 amide bonds. The number of fused-ring (bicyclic) bond motifs is 6. The summed E-state index contributed by atoms with van der Waals surface area (Å²) in [6.45, 7) is 9.79. The van der Waals surface area contributed by atoms with Gasteiger partial charge in [-0.15, -0.1) is 22.7 Å². The zero-order valence-electron chi connectivity index (χ0n) is 19.6. The van der Waals surface area contributed by atoms with E-state index in [-0.39, 0.29) is 5.41 Å². The van der Waals surface area contributed by atoms with E-state index in [1.54, 1.807) is 0 Å². The number of rotatable bonds is 3. The van der Waals surface area contributed by atoms with Gasteiger partial charge in [-0.05, 0) is 63.4 Å². The molecule has 3 aromatic carbocycles. The van der Waals surface area contributed by atoms with Crippen LogP contribution in [0.3, 0.4) is 0 Å². The quantitative estimate of drug-likeness (QED) is 0.281. The third kappa shape index (κ3) is 3.31. The molecule has 4 heteroatoms. The number of aliphatic imine (C=N–C) groups is 1. The Balaban J connectivity index is 1.60. The third-order valence-corrected chi connectivity index (χ3v) is 8.80. The summed E-state index contributed by atoms with van der Waals surface area (Å²) < 4.78 is 2.74. The maximum absolute atomic E-state index is 5.01. The van der Waals surface area contributed by atoms with Crippen LogP contribution in [-0.4, -0.2) is 12.4 Å². The average molecular weight is 469 g/mol. The van der Waals surface area contributed by atoms with Crippen molar-refractivity contribution in [3.05, 3.63) is 75.5 Å².